The number of carbonyl (C=O) groups excluding carboxylic acids is 2. The summed E-state index contributed by atoms with van der Waals surface area (Å²) in [5, 5.41) is 11.1. The summed E-state index contributed by atoms with van der Waals surface area (Å²) in [6, 6.07) is 29.6. The van der Waals surface area contributed by atoms with Gasteiger partial charge in [-0.1, -0.05) is 112 Å². The minimum Gasteiger partial charge on any atom is -0.475 e. The molecular formula is C29H32O5Si. The van der Waals surface area contributed by atoms with Crippen LogP contribution in [0.5, 0.6) is 0 Å². The Hall–Kier alpha value is -3.35. The van der Waals surface area contributed by atoms with E-state index in [-0.39, 0.29) is 5.04 Å². The van der Waals surface area contributed by atoms with Crippen molar-refractivity contribution in [2.75, 3.05) is 6.61 Å². The molecule has 0 amide bonds. The maximum absolute atomic E-state index is 13.0. The lowest BCUT2D eigenvalue weighted by Crippen LogP contribution is -2.66. The predicted octanol–water partition coefficient (Wildman–Crippen LogP) is 4.35. The summed E-state index contributed by atoms with van der Waals surface area (Å²) in [4.78, 5) is 35.8. The zero-order valence-electron chi connectivity index (χ0n) is 20.4. The second kappa shape index (κ2) is 11.4. The van der Waals surface area contributed by atoms with Gasteiger partial charge < -0.3 is 9.53 Å². The molecule has 5 nitrogen and oxygen atoms in total. The van der Waals surface area contributed by atoms with Gasteiger partial charge in [0.1, 0.15) is 5.78 Å². The van der Waals surface area contributed by atoms with Crippen LogP contribution < -0.4 is 10.4 Å². The Bertz CT molecular complexity index is 1100. The van der Waals surface area contributed by atoms with Crippen molar-refractivity contribution in [3.8, 4) is 0 Å². The van der Waals surface area contributed by atoms with Crippen LogP contribution in [0, 0.1) is 0 Å². The van der Waals surface area contributed by atoms with E-state index in [4.69, 9.17) is 9.53 Å². The van der Waals surface area contributed by atoms with Crippen LogP contribution >= 0.6 is 0 Å². The van der Waals surface area contributed by atoms with Gasteiger partial charge in [0.05, 0.1) is 6.42 Å². The molecule has 0 aromatic heterocycles. The molecule has 1 N–H and O–H groups in total. The summed E-state index contributed by atoms with van der Waals surface area (Å²) in [5.41, 5.74) is 0.752. The number of carboxylic acid groups (broad SMARTS) is 1. The highest BCUT2D eigenvalue weighted by molar-refractivity contribution is 6.99. The average Bonchev–Trinajstić information content (AvgIpc) is 2.85. The van der Waals surface area contributed by atoms with E-state index in [1.54, 1.807) is 0 Å². The van der Waals surface area contributed by atoms with Crippen LogP contribution in [-0.4, -0.2) is 37.6 Å². The SMILES string of the molecule is CC(C)(C)[Si](OCCC(C(=O)CC(=O)C(=O)O)c1ccccc1)(c1ccccc1)c1ccccc1. The quantitative estimate of drug-likeness (QED) is 0.247. The van der Waals surface area contributed by atoms with Crippen LogP contribution in [0.2, 0.25) is 5.04 Å². The molecule has 3 rings (SSSR count). The van der Waals surface area contributed by atoms with Gasteiger partial charge in [0.2, 0.25) is 5.78 Å². The second-order valence-corrected chi connectivity index (χ2v) is 13.9. The van der Waals surface area contributed by atoms with Crippen molar-refractivity contribution in [1.82, 2.24) is 0 Å². The monoisotopic (exact) mass is 488 g/mol. The molecule has 3 aromatic carbocycles. The molecule has 3 aromatic rings. The van der Waals surface area contributed by atoms with Crippen LogP contribution in [0.25, 0.3) is 0 Å². The predicted molar refractivity (Wildman–Crippen MR) is 140 cm³/mol. The molecule has 0 aliphatic heterocycles. The molecule has 0 aliphatic carbocycles. The lowest BCUT2D eigenvalue weighted by atomic mass is 9.89. The van der Waals surface area contributed by atoms with Crippen LogP contribution in [0.3, 0.4) is 0 Å². The van der Waals surface area contributed by atoms with E-state index in [1.807, 2.05) is 66.7 Å². The van der Waals surface area contributed by atoms with E-state index in [0.717, 1.165) is 15.9 Å². The van der Waals surface area contributed by atoms with Gasteiger partial charge in [0.25, 0.3) is 8.32 Å². The zero-order chi connectivity index (χ0) is 25.5. The van der Waals surface area contributed by atoms with Gasteiger partial charge in [-0.25, -0.2) is 4.79 Å². The fourth-order valence-corrected chi connectivity index (χ4v) is 9.23. The molecule has 182 valence electrons. The minimum absolute atomic E-state index is 0.207. The van der Waals surface area contributed by atoms with Crippen LogP contribution in [-0.2, 0) is 18.8 Å². The minimum atomic E-state index is -2.77. The highest BCUT2D eigenvalue weighted by Crippen LogP contribution is 2.37. The van der Waals surface area contributed by atoms with Gasteiger partial charge in [0.15, 0.2) is 0 Å². The van der Waals surface area contributed by atoms with Gasteiger partial charge >= 0.3 is 5.97 Å². The number of ketones is 2. The standard InChI is InChI=1S/C29H32O5Si/c1-29(2,3)35(23-15-9-5-10-16-23,24-17-11-6-12-18-24)34-20-19-25(22-13-7-4-8-14-22)26(30)21-27(31)28(32)33/h4-18,25H,19-21H2,1-3H3,(H,32,33). The first-order valence-electron chi connectivity index (χ1n) is 11.8. The lowest BCUT2D eigenvalue weighted by molar-refractivity contribution is -0.150. The van der Waals surface area contributed by atoms with Crippen molar-refractivity contribution >= 4 is 36.2 Å². The zero-order valence-corrected chi connectivity index (χ0v) is 21.4. The molecule has 0 fully saturated rings. The average molecular weight is 489 g/mol. The first-order chi connectivity index (χ1) is 16.7. The second-order valence-electron chi connectivity index (χ2n) is 9.64. The summed E-state index contributed by atoms with van der Waals surface area (Å²) >= 11 is 0. The summed E-state index contributed by atoms with van der Waals surface area (Å²) < 4.78 is 6.91. The first kappa shape index (κ1) is 26.3. The number of hydrogen-bond donors (Lipinski definition) is 1. The van der Waals surface area contributed by atoms with Crippen molar-refractivity contribution in [2.24, 2.45) is 0 Å². The summed E-state index contributed by atoms with van der Waals surface area (Å²) in [5.74, 6) is -3.72. The number of carbonyl (C=O) groups is 3. The number of carboxylic acids is 1. The molecule has 0 radical (unpaired) electrons. The third kappa shape index (κ3) is 6.02. The summed E-state index contributed by atoms with van der Waals surface area (Å²) in [7, 11) is -2.77. The van der Waals surface area contributed by atoms with E-state index in [2.05, 4.69) is 45.0 Å². The van der Waals surface area contributed by atoms with Crippen molar-refractivity contribution in [1.29, 1.82) is 0 Å². The Balaban J connectivity index is 1.95. The number of hydrogen-bond acceptors (Lipinski definition) is 4. The lowest BCUT2D eigenvalue weighted by Gasteiger charge is -2.43. The van der Waals surface area contributed by atoms with Crippen LogP contribution in [0.4, 0.5) is 0 Å². The number of benzene rings is 3. The molecule has 0 spiro atoms. The number of aliphatic carboxylic acids is 1. The molecule has 0 heterocycles. The Morgan fingerprint density at radius 3 is 1.69 bits per heavy atom. The molecule has 0 bridgehead atoms. The van der Waals surface area contributed by atoms with Gasteiger partial charge in [-0.05, 0) is 27.4 Å². The van der Waals surface area contributed by atoms with E-state index >= 15 is 0 Å². The van der Waals surface area contributed by atoms with Crippen LogP contribution in [0.15, 0.2) is 91.0 Å². The van der Waals surface area contributed by atoms with E-state index in [1.165, 1.54) is 0 Å². The number of rotatable bonds is 11. The highest BCUT2D eigenvalue weighted by Gasteiger charge is 2.50. The van der Waals surface area contributed by atoms with Crippen molar-refractivity contribution in [2.45, 2.75) is 44.6 Å². The highest BCUT2D eigenvalue weighted by atomic mass is 28.4. The molecule has 0 saturated heterocycles. The summed E-state index contributed by atoms with van der Waals surface area (Å²) in [6.45, 7) is 6.85. The maximum Gasteiger partial charge on any atom is 0.372 e. The third-order valence-corrected chi connectivity index (χ3v) is 11.3. The van der Waals surface area contributed by atoms with Crippen molar-refractivity contribution < 1.29 is 23.9 Å². The molecule has 1 unspecified atom stereocenters. The fraction of sp³-hybridized carbons (Fsp3) is 0.276. The Morgan fingerprint density at radius 2 is 1.26 bits per heavy atom. The largest absolute Gasteiger partial charge is 0.475 e. The molecule has 35 heavy (non-hydrogen) atoms. The normalized spacial score (nSPS) is 12.7. The third-order valence-electron chi connectivity index (χ3n) is 6.31. The molecule has 6 heteroatoms. The van der Waals surface area contributed by atoms with Gasteiger partial charge in [-0.3, -0.25) is 9.59 Å². The fourth-order valence-electron chi connectivity index (χ4n) is 4.65. The molecule has 0 aliphatic rings. The molecule has 1 atom stereocenters. The maximum atomic E-state index is 13.0. The van der Waals surface area contributed by atoms with Gasteiger partial charge in [0, 0.05) is 12.5 Å². The van der Waals surface area contributed by atoms with Crippen molar-refractivity contribution in [3.63, 3.8) is 0 Å². The molecule has 0 saturated carbocycles. The topological polar surface area (TPSA) is 80.7 Å². The van der Waals surface area contributed by atoms with Gasteiger partial charge in [-0.2, -0.15) is 0 Å². The number of Topliss-reactive ketones (excluding diaryl/α,β-unsaturated/α-hetero) is 2. The van der Waals surface area contributed by atoms with E-state index in [9.17, 15) is 14.4 Å². The first-order valence-corrected chi connectivity index (χ1v) is 13.7. The summed E-state index contributed by atoms with van der Waals surface area (Å²) in [6.07, 6.45) is -0.283. The van der Waals surface area contributed by atoms with E-state index in [0.29, 0.717) is 13.0 Å². The Labute approximate surface area is 207 Å². The molecular weight excluding hydrogens is 456 g/mol. The van der Waals surface area contributed by atoms with E-state index < -0.39 is 38.2 Å². The van der Waals surface area contributed by atoms with Crippen LogP contribution in [0.1, 0.15) is 45.1 Å². The smallest absolute Gasteiger partial charge is 0.372 e. The van der Waals surface area contributed by atoms with Gasteiger partial charge in [-0.15, -0.1) is 0 Å². The van der Waals surface area contributed by atoms with Crippen molar-refractivity contribution in [3.05, 3.63) is 96.6 Å². The Morgan fingerprint density at radius 1 is 0.800 bits per heavy atom. The Kier molecular flexibility index (Phi) is 8.54.